The van der Waals surface area contributed by atoms with Crippen LogP contribution in [-0.4, -0.2) is 7.05 Å². The van der Waals surface area contributed by atoms with Gasteiger partial charge >= 0.3 is 0 Å². The second-order valence-electron chi connectivity index (χ2n) is 5.04. The lowest BCUT2D eigenvalue weighted by molar-refractivity contribution is 0.641. The maximum absolute atomic E-state index is 3.56. The summed E-state index contributed by atoms with van der Waals surface area (Å²) >= 11 is 5.39. The second kappa shape index (κ2) is 6.79. The number of benzene rings is 2. The number of nitrogens with one attached hydrogen (secondary N) is 1. The maximum atomic E-state index is 3.56. The van der Waals surface area contributed by atoms with Crippen LogP contribution in [0.5, 0.6) is 0 Å². The molecule has 0 aliphatic carbocycles. The van der Waals surface area contributed by atoms with Crippen molar-refractivity contribution in [3.8, 4) is 0 Å². The predicted octanol–water partition coefficient (Wildman–Crippen LogP) is 5.50. The van der Waals surface area contributed by atoms with E-state index in [-0.39, 0.29) is 0 Å². The van der Waals surface area contributed by atoms with E-state index >= 15 is 0 Å². The van der Waals surface area contributed by atoms with E-state index in [1.54, 1.807) is 0 Å². The number of halogens is 1. The normalized spacial score (nSPS) is 12.4. The average Bonchev–Trinajstić information content (AvgIpc) is 2.44. The minimum atomic E-state index is 0.335. The van der Waals surface area contributed by atoms with Gasteiger partial charge in [0, 0.05) is 20.3 Å². The second-order valence-corrected chi connectivity index (χ2v) is 7.07. The molecule has 2 aromatic carbocycles. The van der Waals surface area contributed by atoms with Gasteiger partial charge in [0.25, 0.3) is 0 Å². The summed E-state index contributed by atoms with van der Waals surface area (Å²) in [7, 11) is 2.00. The molecule has 0 amide bonds. The highest BCUT2D eigenvalue weighted by molar-refractivity contribution is 9.10. The maximum Gasteiger partial charge on any atom is 0.0300 e. The summed E-state index contributed by atoms with van der Waals surface area (Å²) in [6, 6.07) is 13.5. The third kappa shape index (κ3) is 3.66. The summed E-state index contributed by atoms with van der Waals surface area (Å²) in [6.07, 6.45) is 0. The Hall–Kier alpha value is -0.770. The fraction of sp³-hybridized carbons (Fsp3) is 0.294. The van der Waals surface area contributed by atoms with E-state index in [9.17, 15) is 0 Å². The molecule has 0 saturated heterocycles. The van der Waals surface area contributed by atoms with Crippen molar-refractivity contribution in [2.75, 3.05) is 7.05 Å². The summed E-state index contributed by atoms with van der Waals surface area (Å²) in [5, 5.41) is 3.32. The van der Waals surface area contributed by atoms with E-state index in [1.165, 1.54) is 26.5 Å². The third-order valence-electron chi connectivity index (χ3n) is 3.58. The molecule has 0 spiro atoms. The van der Waals surface area contributed by atoms with E-state index in [0.717, 1.165) is 4.47 Å². The van der Waals surface area contributed by atoms with Gasteiger partial charge in [-0.2, -0.15) is 0 Å². The van der Waals surface area contributed by atoms with Crippen molar-refractivity contribution in [2.24, 2.45) is 0 Å². The van der Waals surface area contributed by atoms with Crippen LogP contribution in [0.15, 0.2) is 50.7 Å². The van der Waals surface area contributed by atoms with Crippen molar-refractivity contribution in [1.29, 1.82) is 0 Å². The summed E-state index contributed by atoms with van der Waals surface area (Å²) in [5.41, 5.74) is 4.01. The molecule has 1 nitrogen and oxygen atoms in total. The molecular formula is C17H20BrNS. The summed E-state index contributed by atoms with van der Waals surface area (Å²) in [6.45, 7) is 6.50. The highest BCUT2D eigenvalue weighted by Crippen LogP contribution is 2.35. The quantitative estimate of drug-likeness (QED) is 0.782. The van der Waals surface area contributed by atoms with Gasteiger partial charge in [-0.25, -0.2) is 0 Å². The van der Waals surface area contributed by atoms with Crippen LogP contribution in [0.4, 0.5) is 0 Å². The van der Waals surface area contributed by atoms with Gasteiger partial charge < -0.3 is 5.32 Å². The monoisotopic (exact) mass is 349 g/mol. The van der Waals surface area contributed by atoms with Gasteiger partial charge in [0.1, 0.15) is 0 Å². The largest absolute Gasteiger partial charge is 0.313 e. The van der Waals surface area contributed by atoms with Gasteiger partial charge in [-0.1, -0.05) is 33.8 Å². The van der Waals surface area contributed by atoms with E-state index in [2.05, 4.69) is 78.4 Å². The Labute approximate surface area is 134 Å². The molecule has 1 unspecified atom stereocenters. The van der Waals surface area contributed by atoms with Crippen molar-refractivity contribution in [3.63, 3.8) is 0 Å². The first kappa shape index (κ1) is 15.6. The molecule has 0 radical (unpaired) electrons. The number of hydrogen-bond acceptors (Lipinski definition) is 2. The lowest BCUT2D eigenvalue weighted by atomic mass is 10.1. The first-order valence-electron chi connectivity index (χ1n) is 6.73. The van der Waals surface area contributed by atoms with E-state index in [1.807, 2.05) is 18.8 Å². The molecule has 2 rings (SSSR count). The van der Waals surface area contributed by atoms with Gasteiger partial charge in [0.2, 0.25) is 0 Å². The van der Waals surface area contributed by atoms with Crippen molar-refractivity contribution in [2.45, 2.75) is 36.6 Å². The molecule has 1 N–H and O–H groups in total. The van der Waals surface area contributed by atoms with Crippen LogP contribution in [0, 0.1) is 13.8 Å². The highest BCUT2D eigenvalue weighted by Gasteiger charge is 2.11. The van der Waals surface area contributed by atoms with Crippen LogP contribution in [0.2, 0.25) is 0 Å². The summed E-state index contributed by atoms with van der Waals surface area (Å²) in [5.74, 6) is 0. The van der Waals surface area contributed by atoms with Gasteiger partial charge in [0.15, 0.2) is 0 Å². The van der Waals surface area contributed by atoms with Crippen molar-refractivity contribution >= 4 is 27.7 Å². The Morgan fingerprint density at radius 3 is 2.45 bits per heavy atom. The molecule has 1 atom stereocenters. The molecule has 106 valence electrons. The Kier molecular flexibility index (Phi) is 5.30. The zero-order valence-corrected chi connectivity index (χ0v) is 14.7. The van der Waals surface area contributed by atoms with E-state index in [4.69, 9.17) is 0 Å². The predicted molar refractivity (Wildman–Crippen MR) is 91.7 cm³/mol. The minimum absolute atomic E-state index is 0.335. The standard InChI is InChI=1S/C17H20BrNS/c1-11-5-7-15(9-12(11)2)20-17-8-6-14(18)10-16(17)13(3)19-4/h5-10,13,19H,1-4H3. The van der Waals surface area contributed by atoms with Gasteiger partial charge in [-0.3, -0.25) is 0 Å². The zero-order chi connectivity index (χ0) is 14.7. The van der Waals surface area contributed by atoms with Gasteiger partial charge in [-0.05, 0) is 74.8 Å². The smallest absolute Gasteiger partial charge is 0.0300 e. The highest BCUT2D eigenvalue weighted by atomic mass is 79.9. The molecular weight excluding hydrogens is 330 g/mol. The Bertz CT molecular complexity index is 610. The Morgan fingerprint density at radius 2 is 1.80 bits per heavy atom. The molecule has 20 heavy (non-hydrogen) atoms. The molecule has 0 saturated carbocycles. The van der Waals surface area contributed by atoms with Crippen LogP contribution in [0.25, 0.3) is 0 Å². The molecule has 0 aliphatic rings. The van der Waals surface area contributed by atoms with Crippen LogP contribution in [0.1, 0.15) is 29.7 Å². The van der Waals surface area contributed by atoms with Crippen LogP contribution < -0.4 is 5.32 Å². The lowest BCUT2D eigenvalue weighted by Crippen LogP contribution is -2.13. The summed E-state index contributed by atoms with van der Waals surface area (Å²) in [4.78, 5) is 2.60. The Morgan fingerprint density at radius 1 is 1.05 bits per heavy atom. The molecule has 3 heteroatoms. The third-order valence-corrected chi connectivity index (χ3v) is 5.15. The molecule has 0 heterocycles. The first-order valence-corrected chi connectivity index (χ1v) is 8.34. The topological polar surface area (TPSA) is 12.0 Å². The van der Waals surface area contributed by atoms with Crippen molar-refractivity contribution in [3.05, 3.63) is 57.6 Å². The van der Waals surface area contributed by atoms with Crippen LogP contribution in [-0.2, 0) is 0 Å². The Balaban J connectivity index is 2.35. The molecule has 0 aromatic heterocycles. The number of aryl methyl sites for hydroxylation is 2. The zero-order valence-electron chi connectivity index (χ0n) is 12.3. The minimum Gasteiger partial charge on any atom is -0.313 e. The van der Waals surface area contributed by atoms with Crippen LogP contribution in [0.3, 0.4) is 0 Å². The fourth-order valence-electron chi connectivity index (χ4n) is 2.01. The van der Waals surface area contributed by atoms with Crippen LogP contribution >= 0.6 is 27.7 Å². The number of rotatable bonds is 4. The van der Waals surface area contributed by atoms with E-state index in [0.29, 0.717) is 6.04 Å². The molecule has 0 bridgehead atoms. The molecule has 2 aromatic rings. The van der Waals surface area contributed by atoms with Gasteiger partial charge in [0.05, 0.1) is 0 Å². The molecule has 0 fully saturated rings. The van der Waals surface area contributed by atoms with Crippen molar-refractivity contribution in [1.82, 2.24) is 5.32 Å². The van der Waals surface area contributed by atoms with Gasteiger partial charge in [-0.15, -0.1) is 0 Å². The fourth-order valence-corrected chi connectivity index (χ4v) is 3.50. The summed E-state index contributed by atoms with van der Waals surface area (Å²) < 4.78 is 1.12. The van der Waals surface area contributed by atoms with Crippen molar-refractivity contribution < 1.29 is 0 Å². The number of hydrogen-bond donors (Lipinski definition) is 1. The molecule has 0 aliphatic heterocycles. The van der Waals surface area contributed by atoms with E-state index < -0.39 is 0 Å². The first-order chi connectivity index (χ1) is 9.51. The average molecular weight is 350 g/mol. The lowest BCUT2D eigenvalue weighted by Gasteiger charge is -2.16. The SMILES string of the molecule is CNC(C)c1cc(Br)ccc1Sc1ccc(C)c(C)c1.